The Bertz CT molecular complexity index is 1090. The van der Waals surface area contributed by atoms with Gasteiger partial charge in [-0.15, -0.1) is 0 Å². The van der Waals surface area contributed by atoms with Crippen LogP contribution >= 0.6 is 0 Å². The molecule has 2 aromatic carbocycles. The smallest absolute Gasteiger partial charge is 0.408 e. The summed E-state index contributed by atoms with van der Waals surface area (Å²) >= 11 is 0. The first kappa shape index (κ1) is 31.9. The molecule has 2 atom stereocenters. The third kappa shape index (κ3) is 10.4. The van der Waals surface area contributed by atoms with Gasteiger partial charge in [-0.25, -0.2) is 4.79 Å². The Balaban J connectivity index is 2.49. The average Bonchev–Trinajstić information content (AvgIpc) is 2.85. The van der Waals surface area contributed by atoms with Gasteiger partial charge in [-0.1, -0.05) is 75.7 Å². The first-order chi connectivity index (χ1) is 18.3. The maximum atomic E-state index is 14.2. The number of hydrogen-bond donors (Lipinski definition) is 2. The lowest BCUT2D eigenvalue weighted by atomic mass is 9.96. The molecule has 0 aliphatic carbocycles. The summed E-state index contributed by atoms with van der Waals surface area (Å²) in [6.07, 6.45) is 1.35. The van der Waals surface area contributed by atoms with Gasteiger partial charge in [0.15, 0.2) is 0 Å². The van der Waals surface area contributed by atoms with E-state index in [4.69, 9.17) is 4.74 Å². The molecular formula is C32H47N3O4. The second-order valence-electron chi connectivity index (χ2n) is 11.7. The summed E-state index contributed by atoms with van der Waals surface area (Å²) in [5.41, 5.74) is 3.17. The largest absolute Gasteiger partial charge is 0.444 e. The molecule has 0 radical (unpaired) electrons. The summed E-state index contributed by atoms with van der Waals surface area (Å²) in [6.45, 7) is 16.2. The number of carbonyl (C=O) groups excluding carboxylic acids is 3. The topological polar surface area (TPSA) is 87.7 Å². The minimum atomic E-state index is -0.845. The molecule has 2 unspecified atom stereocenters. The maximum absolute atomic E-state index is 14.2. The molecule has 0 aromatic heterocycles. The lowest BCUT2D eigenvalue weighted by Crippen LogP contribution is -2.53. The van der Waals surface area contributed by atoms with E-state index >= 15 is 0 Å². The van der Waals surface area contributed by atoms with Crippen LogP contribution in [0, 0.1) is 19.8 Å². The van der Waals surface area contributed by atoms with Gasteiger partial charge in [0.2, 0.25) is 11.8 Å². The van der Waals surface area contributed by atoms with E-state index in [1.165, 1.54) is 0 Å². The van der Waals surface area contributed by atoms with Crippen molar-refractivity contribution in [2.24, 2.45) is 5.92 Å². The van der Waals surface area contributed by atoms with Gasteiger partial charge in [0.1, 0.15) is 17.7 Å². The molecule has 7 nitrogen and oxygen atoms in total. The average molecular weight is 538 g/mol. The third-order valence-corrected chi connectivity index (χ3v) is 6.45. The van der Waals surface area contributed by atoms with Crippen LogP contribution in [-0.2, 0) is 20.9 Å². The maximum Gasteiger partial charge on any atom is 0.408 e. The van der Waals surface area contributed by atoms with Gasteiger partial charge in [0.05, 0.1) is 0 Å². The van der Waals surface area contributed by atoms with Crippen LogP contribution in [0.4, 0.5) is 4.79 Å². The van der Waals surface area contributed by atoms with E-state index in [1.54, 1.807) is 25.7 Å². The Morgan fingerprint density at radius 1 is 0.974 bits per heavy atom. The van der Waals surface area contributed by atoms with Crippen LogP contribution in [0.15, 0.2) is 48.5 Å². The highest BCUT2D eigenvalue weighted by atomic mass is 16.6. The van der Waals surface area contributed by atoms with Gasteiger partial charge in [0, 0.05) is 13.1 Å². The van der Waals surface area contributed by atoms with Crippen LogP contribution in [0.2, 0.25) is 0 Å². The molecule has 0 saturated carbocycles. The lowest BCUT2D eigenvalue weighted by Gasteiger charge is -2.35. The molecule has 0 aliphatic heterocycles. The van der Waals surface area contributed by atoms with Crippen molar-refractivity contribution < 1.29 is 19.1 Å². The minimum absolute atomic E-state index is 0.133. The molecule has 214 valence electrons. The van der Waals surface area contributed by atoms with Gasteiger partial charge in [-0.2, -0.15) is 0 Å². The van der Waals surface area contributed by atoms with Crippen molar-refractivity contribution in [3.63, 3.8) is 0 Å². The van der Waals surface area contributed by atoms with Gasteiger partial charge >= 0.3 is 6.09 Å². The van der Waals surface area contributed by atoms with Crippen molar-refractivity contribution in [3.8, 4) is 0 Å². The number of hydrogen-bond acceptors (Lipinski definition) is 4. The van der Waals surface area contributed by atoms with E-state index in [1.807, 2.05) is 83.1 Å². The van der Waals surface area contributed by atoms with Crippen molar-refractivity contribution in [1.29, 1.82) is 0 Å². The fourth-order valence-corrected chi connectivity index (χ4v) is 4.33. The number of unbranched alkanes of at least 4 members (excludes halogenated alkanes) is 1. The molecular weight excluding hydrogens is 490 g/mol. The Labute approximate surface area is 234 Å². The quantitative estimate of drug-likeness (QED) is 0.336. The van der Waals surface area contributed by atoms with Crippen LogP contribution in [0.5, 0.6) is 0 Å². The van der Waals surface area contributed by atoms with Crippen LogP contribution in [0.25, 0.3) is 0 Å². The highest BCUT2D eigenvalue weighted by Gasteiger charge is 2.36. The van der Waals surface area contributed by atoms with Gasteiger partial charge in [0.25, 0.3) is 0 Å². The molecule has 2 N–H and O–H groups in total. The SMILES string of the molecule is CCCCN(C(=O)C(CC(C)C)NC(=O)OC(C)(C)C)C(C(=O)NCc1ccccc1)c1ccc(C)c(C)c1. The zero-order valence-electron chi connectivity index (χ0n) is 25.0. The van der Waals surface area contributed by atoms with Crippen molar-refractivity contribution in [2.75, 3.05) is 6.54 Å². The number of carbonyl (C=O) groups is 3. The zero-order valence-corrected chi connectivity index (χ0v) is 25.0. The third-order valence-electron chi connectivity index (χ3n) is 6.45. The number of alkyl carbamates (subject to hydrolysis) is 1. The van der Waals surface area contributed by atoms with E-state index in [0.717, 1.165) is 35.1 Å². The molecule has 0 saturated heterocycles. The van der Waals surface area contributed by atoms with Crippen LogP contribution in [0.1, 0.15) is 89.1 Å². The van der Waals surface area contributed by atoms with Crippen molar-refractivity contribution in [2.45, 2.75) is 98.9 Å². The minimum Gasteiger partial charge on any atom is -0.444 e. The van der Waals surface area contributed by atoms with E-state index in [-0.39, 0.29) is 17.7 Å². The number of amides is 3. The second-order valence-corrected chi connectivity index (χ2v) is 11.7. The first-order valence-electron chi connectivity index (χ1n) is 14.0. The number of nitrogens with zero attached hydrogens (tertiary/aromatic N) is 1. The first-order valence-corrected chi connectivity index (χ1v) is 14.0. The standard InChI is InChI=1S/C32H47N3O4/c1-9-10-18-35(30(37)27(19-22(2)3)34-31(38)39-32(6,7)8)28(26-17-16-23(4)24(5)20-26)29(36)33-21-25-14-12-11-13-15-25/h11-17,20,22,27-28H,9-10,18-19,21H2,1-8H3,(H,33,36)(H,34,38). The van der Waals surface area contributed by atoms with Crippen LogP contribution in [-0.4, -0.2) is 41.0 Å². The molecule has 39 heavy (non-hydrogen) atoms. The summed E-state index contributed by atoms with van der Waals surface area (Å²) < 4.78 is 5.47. The highest BCUT2D eigenvalue weighted by molar-refractivity contribution is 5.92. The van der Waals surface area contributed by atoms with Gasteiger partial charge in [-0.05, 0) is 75.6 Å². The summed E-state index contributed by atoms with van der Waals surface area (Å²) in [7, 11) is 0. The Morgan fingerprint density at radius 2 is 1.64 bits per heavy atom. The predicted molar refractivity (Wildman–Crippen MR) is 156 cm³/mol. The number of ether oxygens (including phenoxy) is 1. The number of aryl methyl sites for hydroxylation is 2. The van der Waals surface area contributed by atoms with Crippen molar-refractivity contribution >= 4 is 17.9 Å². The Hall–Kier alpha value is -3.35. The number of rotatable bonds is 12. The van der Waals surface area contributed by atoms with Gasteiger partial charge in [-0.3, -0.25) is 9.59 Å². The molecule has 0 spiro atoms. The van der Waals surface area contributed by atoms with E-state index < -0.39 is 23.8 Å². The van der Waals surface area contributed by atoms with Crippen LogP contribution < -0.4 is 10.6 Å². The van der Waals surface area contributed by atoms with Crippen LogP contribution in [0.3, 0.4) is 0 Å². The summed E-state index contributed by atoms with van der Waals surface area (Å²) in [5.74, 6) is -0.415. The molecule has 2 aromatic rings. The van der Waals surface area contributed by atoms with E-state index in [9.17, 15) is 14.4 Å². The lowest BCUT2D eigenvalue weighted by molar-refractivity contribution is -0.143. The fourth-order valence-electron chi connectivity index (χ4n) is 4.33. The zero-order chi connectivity index (χ0) is 29.2. The van der Waals surface area contributed by atoms with E-state index in [2.05, 4.69) is 10.6 Å². The molecule has 7 heteroatoms. The van der Waals surface area contributed by atoms with Crippen molar-refractivity contribution in [3.05, 3.63) is 70.8 Å². The summed E-state index contributed by atoms with van der Waals surface area (Å²) in [4.78, 5) is 42.4. The fraction of sp³-hybridized carbons (Fsp3) is 0.531. The number of nitrogens with one attached hydrogen (secondary N) is 2. The van der Waals surface area contributed by atoms with E-state index in [0.29, 0.717) is 19.5 Å². The second kappa shape index (κ2) is 14.7. The predicted octanol–water partition coefficient (Wildman–Crippen LogP) is 6.23. The molecule has 0 aliphatic rings. The number of benzene rings is 2. The summed E-state index contributed by atoms with van der Waals surface area (Å²) in [5, 5.41) is 5.85. The normalized spacial score (nSPS) is 12.9. The molecule has 2 rings (SSSR count). The summed E-state index contributed by atoms with van der Waals surface area (Å²) in [6, 6.07) is 13.9. The monoisotopic (exact) mass is 537 g/mol. The highest BCUT2D eigenvalue weighted by Crippen LogP contribution is 2.26. The Morgan fingerprint density at radius 3 is 2.21 bits per heavy atom. The molecule has 0 bridgehead atoms. The molecule has 3 amide bonds. The molecule has 0 fully saturated rings. The van der Waals surface area contributed by atoms with Crippen molar-refractivity contribution in [1.82, 2.24) is 15.5 Å². The molecule has 0 heterocycles. The Kier molecular flexibility index (Phi) is 12.0. The van der Waals surface area contributed by atoms with Gasteiger partial charge < -0.3 is 20.3 Å².